The van der Waals surface area contributed by atoms with E-state index in [0.717, 1.165) is 0 Å². The Morgan fingerprint density at radius 1 is 1.15 bits per heavy atom. The highest BCUT2D eigenvalue weighted by Crippen LogP contribution is 2.22. The first kappa shape index (κ1) is 16.9. The molecular weight excluding hydrogens is 370 g/mol. The van der Waals surface area contributed by atoms with Crippen LogP contribution in [0.5, 0.6) is 0 Å². The number of nitro groups is 1. The van der Waals surface area contributed by atoms with E-state index >= 15 is 0 Å². The van der Waals surface area contributed by atoms with Crippen LogP contribution >= 0.6 is 11.8 Å². The lowest BCUT2D eigenvalue weighted by molar-refractivity contribution is -0.384. The van der Waals surface area contributed by atoms with E-state index in [9.17, 15) is 14.9 Å². The predicted molar refractivity (Wildman–Crippen MR) is 96.6 cm³/mol. The van der Waals surface area contributed by atoms with Crippen molar-refractivity contribution < 1.29 is 14.1 Å². The molecule has 0 aliphatic carbocycles. The van der Waals surface area contributed by atoms with E-state index in [1.807, 2.05) is 0 Å². The van der Waals surface area contributed by atoms with E-state index < -0.39 is 4.92 Å². The molecule has 4 aromatic rings. The zero-order valence-corrected chi connectivity index (χ0v) is 14.5. The molecule has 3 aromatic heterocycles. The van der Waals surface area contributed by atoms with Crippen LogP contribution < -0.4 is 0 Å². The third-order valence-corrected chi connectivity index (χ3v) is 4.66. The van der Waals surface area contributed by atoms with Gasteiger partial charge in [-0.2, -0.15) is 9.61 Å². The summed E-state index contributed by atoms with van der Waals surface area (Å²) in [5.74, 6) is 0.544. The first-order chi connectivity index (χ1) is 13.1. The van der Waals surface area contributed by atoms with Crippen LogP contribution in [-0.2, 0) is 0 Å². The lowest BCUT2D eigenvalue weighted by Crippen LogP contribution is -2.04. The SMILES string of the molecule is O=C(CSc1nnc2ccc(-c3ccco3)nn12)c1ccc([N+](=O)[O-])cc1. The molecule has 0 aliphatic rings. The summed E-state index contributed by atoms with van der Waals surface area (Å²) in [6, 6.07) is 12.6. The quantitative estimate of drug-likeness (QED) is 0.216. The molecule has 0 radical (unpaired) electrons. The lowest BCUT2D eigenvalue weighted by atomic mass is 10.1. The highest BCUT2D eigenvalue weighted by molar-refractivity contribution is 7.99. The second-order valence-corrected chi connectivity index (χ2v) is 6.41. The molecule has 3 heterocycles. The number of fused-ring (bicyclic) bond motifs is 1. The van der Waals surface area contributed by atoms with Gasteiger partial charge < -0.3 is 4.42 Å². The van der Waals surface area contributed by atoms with Crippen LogP contribution in [0.4, 0.5) is 5.69 Å². The van der Waals surface area contributed by atoms with Crippen molar-refractivity contribution in [3.63, 3.8) is 0 Å². The van der Waals surface area contributed by atoms with Gasteiger partial charge in [0.05, 0.1) is 16.9 Å². The molecule has 1 aromatic carbocycles. The fraction of sp³-hybridized carbons (Fsp3) is 0.0588. The summed E-state index contributed by atoms with van der Waals surface area (Å²) in [6.07, 6.45) is 1.56. The number of hydrogen-bond acceptors (Lipinski definition) is 8. The summed E-state index contributed by atoms with van der Waals surface area (Å²) in [7, 11) is 0. The number of Topliss-reactive ketones (excluding diaryl/α,β-unsaturated/α-hetero) is 1. The van der Waals surface area contributed by atoms with Crippen molar-refractivity contribution in [3.05, 3.63) is 70.5 Å². The molecule has 0 unspecified atom stereocenters. The fourth-order valence-electron chi connectivity index (χ4n) is 2.40. The van der Waals surface area contributed by atoms with Crippen LogP contribution in [0.25, 0.3) is 17.1 Å². The van der Waals surface area contributed by atoms with Crippen molar-refractivity contribution in [2.45, 2.75) is 5.16 Å². The highest BCUT2D eigenvalue weighted by atomic mass is 32.2. The molecule has 10 heteroatoms. The molecule has 4 rings (SSSR count). The number of hydrogen-bond donors (Lipinski definition) is 0. The largest absolute Gasteiger partial charge is 0.463 e. The van der Waals surface area contributed by atoms with Gasteiger partial charge in [0.25, 0.3) is 5.69 Å². The zero-order valence-electron chi connectivity index (χ0n) is 13.7. The number of aromatic nitrogens is 4. The van der Waals surface area contributed by atoms with Gasteiger partial charge in [-0.25, -0.2) is 0 Å². The maximum atomic E-state index is 12.3. The maximum absolute atomic E-state index is 12.3. The van der Waals surface area contributed by atoms with Crippen molar-refractivity contribution in [3.8, 4) is 11.5 Å². The van der Waals surface area contributed by atoms with E-state index in [1.165, 1.54) is 36.0 Å². The number of nitrogens with zero attached hydrogens (tertiary/aromatic N) is 5. The number of benzene rings is 1. The Bertz CT molecular complexity index is 1120. The number of furan rings is 1. The number of non-ortho nitro benzene ring substituents is 1. The molecule has 0 fully saturated rings. The van der Waals surface area contributed by atoms with Crippen molar-refractivity contribution in [2.24, 2.45) is 0 Å². The minimum Gasteiger partial charge on any atom is -0.463 e. The van der Waals surface area contributed by atoms with Gasteiger partial charge in [0.15, 0.2) is 17.2 Å². The molecule has 134 valence electrons. The zero-order chi connectivity index (χ0) is 18.8. The summed E-state index contributed by atoms with van der Waals surface area (Å²) in [4.78, 5) is 22.5. The number of ketones is 1. The van der Waals surface area contributed by atoms with Gasteiger partial charge in [0, 0.05) is 17.7 Å². The number of nitro benzene ring substituents is 1. The Labute approximate surface area is 156 Å². The van der Waals surface area contributed by atoms with Gasteiger partial charge in [-0.15, -0.1) is 10.2 Å². The topological polar surface area (TPSA) is 116 Å². The summed E-state index contributed by atoms with van der Waals surface area (Å²) >= 11 is 1.19. The van der Waals surface area contributed by atoms with Crippen LogP contribution in [0.2, 0.25) is 0 Å². The third kappa shape index (κ3) is 3.42. The van der Waals surface area contributed by atoms with Crippen molar-refractivity contribution in [2.75, 3.05) is 5.75 Å². The number of carbonyl (C=O) groups is 1. The van der Waals surface area contributed by atoms with Crippen LogP contribution in [-0.4, -0.2) is 36.3 Å². The van der Waals surface area contributed by atoms with Crippen LogP contribution in [0.3, 0.4) is 0 Å². The number of rotatable bonds is 6. The number of thioether (sulfide) groups is 1. The Balaban J connectivity index is 1.52. The first-order valence-corrected chi connectivity index (χ1v) is 8.77. The summed E-state index contributed by atoms with van der Waals surface area (Å²) in [5.41, 5.74) is 1.51. The Kier molecular flexibility index (Phi) is 4.38. The summed E-state index contributed by atoms with van der Waals surface area (Å²) in [6.45, 7) is 0. The van der Waals surface area contributed by atoms with Gasteiger partial charge in [-0.1, -0.05) is 11.8 Å². The molecule has 0 atom stereocenters. The van der Waals surface area contributed by atoms with Gasteiger partial charge in [0.2, 0.25) is 5.16 Å². The molecule has 0 aliphatic heterocycles. The third-order valence-electron chi connectivity index (χ3n) is 3.74. The van der Waals surface area contributed by atoms with E-state index in [-0.39, 0.29) is 17.2 Å². The van der Waals surface area contributed by atoms with Gasteiger partial charge in [-0.05, 0) is 36.4 Å². The van der Waals surface area contributed by atoms with Gasteiger partial charge in [0.1, 0.15) is 5.69 Å². The molecule has 0 amide bonds. The molecular formula is C17H11N5O4S. The second-order valence-electron chi connectivity index (χ2n) is 5.46. The van der Waals surface area contributed by atoms with E-state index in [4.69, 9.17) is 4.42 Å². The monoisotopic (exact) mass is 381 g/mol. The molecule has 0 N–H and O–H groups in total. The summed E-state index contributed by atoms with van der Waals surface area (Å²) in [5, 5.41) is 23.7. The molecule has 0 spiro atoms. The smallest absolute Gasteiger partial charge is 0.269 e. The molecule has 0 saturated carbocycles. The standard InChI is InChI=1S/C17H11N5O4S/c23-14(11-3-5-12(6-4-11)22(24)25)10-27-17-19-18-16-8-7-13(20-21(16)17)15-2-1-9-26-15/h1-9H,10H2. The highest BCUT2D eigenvalue weighted by Gasteiger charge is 2.14. The van der Waals surface area contributed by atoms with E-state index in [2.05, 4.69) is 15.3 Å². The molecule has 27 heavy (non-hydrogen) atoms. The number of carbonyl (C=O) groups excluding carboxylic acids is 1. The first-order valence-electron chi connectivity index (χ1n) is 7.78. The van der Waals surface area contributed by atoms with E-state index in [1.54, 1.807) is 35.0 Å². The molecule has 0 saturated heterocycles. The second kappa shape index (κ2) is 7.00. The maximum Gasteiger partial charge on any atom is 0.269 e. The minimum absolute atomic E-state index is 0.0580. The average Bonchev–Trinajstić information content (AvgIpc) is 3.35. The molecule has 9 nitrogen and oxygen atoms in total. The molecule has 0 bridgehead atoms. The Hall–Kier alpha value is -3.53. The Morgan fingerprint density at radius 3 is 2.67 bits per heavy atom. The van der Waals surface area contributed by atoms with Crippen molar-refractivity contribution >= 4 is 28.9 Å². The lowest BCUT2D eigenvalue weighted by Gasteiger charge is -2.02. The van der Waals surface area contributed by atoms with Crippen molar-refractivity contribution in [1.29, 1.82) is 0 Å². The van der Waals surface area contributed by atoms with Crippen molar-refractivity contribution in [1.82, 2.24) is 19.8 Å². The van der Waals surface area contributed by atoms with Gasteiger partial charge in [-0.3, -0.25) is 14.9 Å². The van der Waals surface area contributed by atoms with Crippen LogP contribution in [0.1, 0.15) is 10.4 Å². The fourth-order valence-corrected chi connectivity index (χ4v) is 3.18. The van der Waals surface area contributed by atoms with Crippen LogP contribution in [0, 0.1) is 10.1 Å². The summed E-state index contributed by atoms with van der Waals surface area (Å²) < 4.78 is 6.89. The Morgan fingerprint density at radius 2 is 1.96 bits per heavy atom. The van der Waals surface area contributed by atoms with Crippen LogP contribution in [0.15, 0.2) is 64.4 Å². The average molecular weight is 381 g/mol. The normalized spacial score (nSPS) is 11.0. The van der Waals surface area contributed by atoms with E-state index in [0.29, 0.717) is 27.8 Å². The predicted octanol–water partition coefficient (Wildman–Crippen LogP) is 3.27. The van der Waals surface area contributed by atoms with Gasteiger partial charge >= 0.3 is 0 Å². The minimum atomic E-state index is -0.506.